The van der Waals surface area contributed by atoms with Crippen LogP contribution >= 0.6 is 0 Å². The third-order valence-corrected chi connectivity index (χ3v) is 8.13. The first-order valence-electron chi connectivity index (χ1n) is 12.7. The molecule has 2 heterocycles. The second-order valence-electron chi connectivity index (χ2n) is 9.92. The van der Waals surface area contributed by atoms with Gasteiger partial charge in [0.15, 0.2) is 5.75 Å². The smallest absolute Gasteiger partial charge is 0.262 e. The second-order valence-corrected chi connectivity index (χ2v) is 11.6. The average molecular weight is 557 g/mol. The molecule has 0 aliphatic carbocycles. The van der Waals surface area contributed by atoms with Gasteiger partial charge in [-0.05, 0) is 68.1 Å². The number of likely N-dealkylation sites (N-methyl/N-ethyl adjacent to an activating group) is 1. The van der Waals surface area contributed by atoms with E-state index in [-0.39, 0.29) is 40.3 Å². The molecule has 0 fully saturated rings. The molecule has 0 saturated heterocycles. The highest BCUT2D eigenvalue weighted by Gasteiger charge is 2.35. The Kier molecular flexibility index (Phi) is 8.83. The molecule has 0 saturated carbocycles. The third kappa shape index (κ3) is 6.73. The van der Waals surface area contributed by atoms with Crippen molar-refractivity contribution in [2.75, 3.05) is 31.5 Å². The molecule has 0 bridgehead atoms. The maximum Gasteiger partial charge on any atom is 0.262 e. The fourth-order valence-corrected chi connectivity index (χ4v) is 5.59. The second kappa shape index (κ2) is 12.1. The molecule has 2 N–H and O–H groups in total. The predicted molar refractivity (Wildman–Crippen MR) is 145 cm³/mol. The zero-order valence-corrected chi connectivity index (χ0v) is 22.9. The number of carbonyl (C=O) groups is 1. The van der Waals surface area contributed by atoms with Gasteiger partial charge in [0, 0.05) is 37.9 Å². The van der Waals surface area contributed by atoms with E-state index in [0.29, 0.717) is 19.6 Å². The number of carbonyl (C=O) groups excluding carboxylic acids is 1. The minimum atomic E-state index is -4.11. The van der Waals surface area contributed by atoms with Crippen LogP contribution in [0.4, 0.5) is 10.1 Å². The molecule has 39 heavy (non-hydrogen) atoms. The van der Waals surface area contributed by atoms with Gasteiger partial charge in [0.25, 0.3) is 15.9 Å². The van der Waals surface area contributed by atoms with Crippen LogP contribution in [0, 0.1) is 11.7 Å². The van der Waals surface area contributed by atoms with E-state index in [1.54, 1.807) is 36.4 Å². The van der Waals surface area contributed by atoms with Crippen LogP contribution in [-0.4, -0.2) is 73.1 Å². The van der Waals surface area contributed by atoms with Crippen molar-refractivity contribution < 1.29 is 27.4 Å². The van der Waals surface area contributed by atoms with Crippen molar-refractivity contribution in [2.24, 2.45) is 5.92 Å². The number of halogens is 1. The molecule has 0 unspecified atom stereocenters. The van der Waals surface area contributed by atoms with Gasteiger partial charge in [-0.25, -0.2) is 12.8 Å². The first-order chi connectivity index (χ1) is 18.6. The van der Waals surface area contributed by atoms with Crippen LogP contribution in [-0.2, 0) is 16.6 Å². The largest absolute Gasteiger partial charge is 0.486 e. The maximum atomic E-state index is 13.6. The Morgan fingerprint density at radius 1 is 1.18 bits per heavy atom. The number of aromatic nitrogens is 1. The number of nitrogens with zero attached hydrogens (tertiary/aromatic N) is 3. The number of pyridine rings is 1. The van der Waals surface area contributed by atoms with E-state index in [4.69, 9.17) is 4.74 Å². The number of hydrogen-bond acceptors (Lipinski definition) is 7. The minimum absolute atomic E-state index is 0.0951. The van der Waals surface area contributed by atoms with Crippen molar-refractivity contribution in [1.82, 2.24) is 14.8 Å². The Balaban J connectivity index is 1.71. The Hall–Kier alpha value is -3.54. The number of amides is 1. The number of para-hydroxylation sites is 1. The number of hydrogen-bond donors (Lipinski definition) is 2. The molecule has 2 aromatic carbocycles. The molecule has 208 valence electrons. The van der Waals surface area contributed by atoms with Crippen LogP contribution < -0.4 is 9.46 Å². The van der Waals surface area contributed by atoms with Gasteiger partial charge < -0.3 is 14.7 Å². The fourth-order valence-electron chi connectivity index (χ4n) is 4.53. The van der Waals surface area contributed by atoms with E-state index < -0.39 is 28.0 Å². The number of benzene rings is 2. The normalized spacial score (nSPS) is 18.6. The molecule has 3 atom stereocenters. The van der Waals surface area contributed by atoms with Gasteiger partial charge in [-0.1, -0.05) is 13.0 Å². The number of sulfonamides is 1. The molecule has 9 nitrogen and oxygen atoms in total. The van der Waals surface area contributed by atoms with Gasteiger partial charge in [-0.2, -0.15) is 0 Å². The van der Waals surface area contributed by atoms with E-state index in [2.05, 4.69) is 14.6 Å². The summed E-state index contributed by atoms with van der Waals surface area (Å²) in [6.07, 6.45) is 3.04. The van der Waals surface area contributed by atoms with Gasteiger partial charge in [0.1, 0.15) is 11.9 Å². The summed E-state index contributed by atoms with van der Waals surface area (Å²) < 4.78 is 48.7. The monoisotopic (exact) mass is 556 g/mol. The van der Waals surface area contributed by atoms with Crippen LogP contribution in [0.15, 0.2) is 71.9 Å². The molecule has 1 aromatic heterocycles. The summed E-state index contributed by atoms with van der Waals surface area (Å²) in [5.41, 5.74) is 1.35. The predicted octanol–water partition coefficient (Wildman–Crippen LogP) is 3.37. The van der Waals surface area contributed by atoms with E-state index in [0.717, 1.165) is 17.7 Å². The van der Waals surface area contributed by atoms with Crippen molar-refractivity contribution in [3.8, 4) is 5.75 Å². The van der Waals surface area contributed by atoms with E-state index in [9.17, 15) is 22.7 Å². The molecule has 0 radical (unpaired) electrons. The first kappa shape index (κ1) is 28.5. The van der Waals surface area contributed by atoms with Crippen LogP contribution in [0.2, 0.25) is 0 Å². The highest BCUT2D eigenvalue weighted by atomic mass is 32.2. The molecule has 11 heteroatoms. The van der Waals surface area contributed by atoms with Crippen LogP contribution in [0.25, 0.3) is 0 Å². The number of nitrogens with one attached hydrogen (secondary N) is 1. The van der Waals surface area contributed by atoms with Crippen molar-refractivity contribution in [3.05, 3.63) is 83.9 Å². The summed E-state index contributed by atoms with van der Waals surface area (Å²) >= 11 is 0. The van der Waals surface area contributed by atoms with Crippen LogP contribution in [0.1, 0.15) is 29.8 Å². The van der Waals surface area contributed by atoms with Gasteiger partial charge in [0.05, 0.1) is 28.8 Å². The molecule has 1 amide bonds. The maximum absolute atomic E-state index is 13.6. The summed E-state index contributed by atoms with van der Waals surface area (Å²) in [7, 11) is -2.15. The topological polar surface area (TPSA) is 112 Å². The van der Waals surface area contributed by atoms with Crippen molar-refractivity contribution >= 4 is 21.6 Å². The summed E-state index contributed by atoms with van der Waals surface area (Å²) in [6, 6.07) is 12.5. The minimum Gasteiger partial charge on any atom is -0.486 e. The molecule has 1 aliphatic heterocycles. The van der Waals surface area contributed by atoms with Gasteiger partial charge in [-0.15, -0.1) is 0 Å². The summed E-state index contributed by atoms with van der Waals surface area (Å²) in [4.78, 5) is 21.2. The van der Waals surface area contributed by atoms with Crippen molar-refractivity contribution in [3.63, 3.8) is 0 Å². The Morgan fingerprint density at radius 3 is 2.54 bits per heavy atom. The van der Waals surface area contributed by atoms with Crippen LogP contribution in [0.5, 0.6) is 5.75 Å². The Bertz CT molecular complexity index is 1390. The Labute approximate surface area is 228 Å². The SMILES string of the molecule is C[C@@H]1CN([C@@H](C)CO)C(=O)c2cccc(NS(=O)(=O)c3ccc(F)cc3)c2O[C@H]1CN(C)Cc1ccncc1. The lowest BCUT2D eigenvalue weighted by Crippen LogP contribution is -2.49. The molecule has 1 aliphatic rings. The van der Waals surface area contributed by atoms with Crippen LogP contribution in [0.3, 0.4) is 0 Å². The molecule has 0 spiro atoms. The van der Waals surface area contributed by atoms with Gasteiger partial charge in [0.2, 0.25) is 0 Å². The summed E-state index contributed by atoms with van der Waals surface area (Å²) in [5.74, 6) is -0.974. The number of rotatable bonds is 9. The lowest BCUT2D eigenvalue weighted by Gasteiger charge is -2.38. The molecule has 4 rings (SSSR count). The lowest BCUT2D eigenvalue weighted by molar-refractivity contribution is 0.0344. The highest BCUT2D eigenvalue weighted by molar-refractivity contribution is 7.92. The van der Waals surface area contributed by atoms with Crippen molar-refractivity contribution in [1.29, 1.82) is 0 Å². The number of aliphatic hydroxyl groups excluding tert-OH is 1. The standard InChI is InChI=1S/C28H33FN4O5S/c1-19-15-33(20(2)18-34)28(35)24-5-4-6-25(31-39(36,37)23-9-7-22(29)8-10-23)27(24)38-26(19)17-32(3)16-21-11-13-30-14-12-21/h4-14,19-20,26,31,34H,15-18H2,1-3H3/t19-,20+,26+/m1/s1. The zero-order chi connectivity index (χ0) is 28.2. The lowest BCUT2D eigenvalue weighted by atomic mass is 9.99. The Morgan fingerprint density at radius 2 is 1.87 bits per heavy atom. The summed E-state index contributed by atoms with van der Waals surface area (Å²) in [6.45, 7) is 4.97. The van der Waals surface area contributed by atoms with Gasteiger partial charge in [-0.3, -0.25) is 19.4 Å². The number of aliphatic hydroxyl groups is 1. The first-order valence-corrected chi connectivity index (χ1v) is 14.1. The average Bonchev–Trinajstić information content (AvgIpc) is 2.91. The highest BCUT2D eigenvalue weighted by Crippen LogP contribution is 2.36. The summed E-state index contributed by atoms with van der Waals surface area (Å²) in [5, 5.41) is 9.87. The molecular weight excluding hydrogens is 523 g/mol. The van der Waals surface area contributed by atoms with Crippen molar-refractivity contribution in [2.45, 2.75) is 37.4 Å². The van der Waals surface area contributed by atoms with E-state index >= 15 is 0 Å². The number of ether oxygens (including phenoxy) is 1. The van der Waals surface area contributed by atoms with E-state index in [1.165, 1.54) is 18.2 Å². The molecular formula is C28H33FN4O5S. The fraction of sp³-hybridized carbons (Fsp3) is 0.357. The zero-order valence-electron chi connectivity index (χ0n) is 22.1. The van der Waals surface area contributed by atoms with E-state index in [1.807, 2.05) is 26.1 Å². The molecule has 3 aromatic rings. The third-order valence-electron chi connectivity index (χ3n) is 6.75. The number of fused-ring (bicyclic) bond motifs is 1. The van der Waals surface area contributed by atoms with Gasteiger partial charge >= 0.3 is 0 Å². The quantitative estimate of drug-likeness (QED) is 0.416. The number of anilines is 1.